The monoisotopic (exact) mass is 752 g/mol. The van der Waals surface area contributed by atoms with Gasteiger partial charge >= 0.3 is 23.9 Å². The molecule has 0 atom stereocenters. The molecular formula is C43H52N4O8. The van der Waals surface area contributed by atoms with Crippen LogP contribution < -0.4 is 9.80 Å². The Morgan fingerprint density at radius 2 is 1.00 bits per heavy atom. The van der Waals surface area contributed by atoms with E-state index in [4.69, 9.17) is 18.9 Å². The molecular weight excluding hydrogens is 700 g/mol. The largest absolute Gasteiger partial charge is 0.459 e. The highest BCUT2D eigenvalue weighted by molar-refractivity contribution is 5.98. The summed E-state index contributed by atoms with van der Waals surface area (Å²) in [5.41, 5.74) is 3.62. The summed E-state index contributed by atoms with van der Waals surface area (Å²) in [6.07, 6.45) is 5.94. The second-order valence-corrected chi connectivity index (χ2v) is 13.1. The zero-order valence-corrected chi connectivity index (χ0v) is 32.6. The number of esters is 4. The van der Waals surface area contributed by atoms with E-state index in [2.05, 4.69) is 43.7 Å². The maximum absolute atomic E-state index is 12.4. The molecule has 0 unspecified atom stereocenters. The second kappa shape index (κ2) is 24.2. The van der Waals surface area contributed by atoms with Crippen molar-refractivity contribution in [3.63, 3.8) is 0 Å². The van der Waals surface area contributed by atoms with Gasteiger partial charge in [0.25, 0.3) is 0 Å². The van der Waals surface area contributed by atoms with Crippen LogP contribution in [0.5, 0.6) is 0 Å². The van der Waals surface area contributed by atoms with Gasteiger partial charge in [0, 0.05) is 48.7 Å². The van der Waals surface area contributed by atoms with Crippen molar-refractivity contribution in [2.75, 3.05) is 62.4 Å². The van der Waals surface area contributed by atoms with Crippen LogP contribution in [0.25, 0.3) is 12.2 Å². The summed E-state index contributed by atoms with van der Waals surface area (Å²) in [4.78, 5) is 52.3. The van der Waals surface area contributed by atoms with E-state index >= 15 is 0 Å². The number of nitrogens with zero attached hydrogens (tertiary/aromatic N) is 4. The van der Waals surface area contributed by atoms with Crippen LogP contribution in [0.3, 0.4) is 0 Å². The average Bonchev–Trinajstić information content (AvgIpc) is 3.17. The summed E-state index contributed by atoms with van der Waals surface area (Å²) < 4.78 is 20.0. The van der Waals surface area contributed by atoms with Crippen LogP contribution in [0.15, 0.2) is 84.0 Å². The third-order valence-electron chi connectivity index (χ3n) is 7.94. The first-order chi connectivity index (χ1) is 26.3. The number of unbranched alkanes of at least 4 members (excludes halogenated alkanes) is 2. The van der Waals surface area contributed by atoms with Gasteiger partial charge in [-0.1, -0.05) is 51.3 Å². The lowest BCUT2D eigenvalue weighted by atomic mass is 10.1. The highest BCUT2D eigenvalue weighted by atomic mass is 16.6. The van der Waals surface area contributed by atoms with Crippen LogP contribution in [-0.2, 0) is 38.1 Å². The summed E-state index contributed by atoms with van der Waals surface area (Å²) >= 11 is 0. The maximum atomic E-state index is 12.4. The van der Waals surface area contributed by atoms with Crippen LogP contribution in [0.4, 0.5) is 11.4 Å². The fraction of sp³-hybridized carbons (Fsp3) is 0.395. The van der Waals surface area contributed by atoms with E-state index in [1.54, 1.807) is 0 Å². The quantitative estimate of drug-likeness (QED) is 0.0377. The van der Waals surface area contributed by atoms with E-state index in [9.17, 15) is 29.7 Å². The lowest BCUT2D eigenvalue weighted by Gasteiger charge is -2.27. The van der Waals surface area contributed by atoms with Crippen molar-refractivity contribution in [3.05, 3.63) is 95.1 Å². The second-order valence-electron chi connectivity index (χ2n) is 13.1. The Morgan fingerprint density at radius 1 is 0.636 bits per heavy atom. The Labute approximate surface area is 324 Å². The molecule has 12 heteroatoms. The highest BCUT2D eigenvalue weighted by Crippen LogP contribution is 2.21. The maximum Gasteiger partial charge on any atom is 0.349 e. The van der Waals surface area contributed by atoms with E-state index in [1.807, 2.05) is 60.7 Å². The number of benzene rings is 2. The lowest BCUT2D eigenvalue weighted by molar-refractivity contribution is -0.147. The van der Waals surface area contributed by atoms with Crippen LogP contribution in [-0.4, -0.2) is 76.5 Å². The number of ether oxygens (including phenoxy) is 4. The third-order valence-corrected chi connectivity index (χ3v) is 7.94. The van der Waals surface area contributed by atoms with Crippen molar-refractivity contribution in [1.29, 1.82) is 10.5 Å². The van der Waals surface area contributed by atoms with Gasteiger partial charge in [-0.15, -0.1) is 0 Å². The molecule has 0 aromatic heterocycles. The molecule has 0 heterocycles. The molecule has 0 aliphatic heterocycles. The number of hydrogen-bond donors (Lipinski definition) is 0. The summed E-state index contributed by atoms with van der Waals surface area (Å²) in [5.74, 6) is -2.30. The Hall–Kier alpha value is -6.14. The van der Waals surface area contributed by atoms with Gasteiger partial charge in [0.15, 0.2) is 0 Å². The van der Waals surface area contributed by atoms with Crippen molar-refractivity contribution >= 4 is 47.4 Å². The molecule has 292 valence electrons. The number of nitriles is 2. The van der Waals surface area contributed by atoms with Gasteiger partial charge < -0.3 is 28.7 Å². The van der Waals surface area contributed by atoms with Crippen molar-refractivity contribution in [3.8, 4) is 12.1 Å². The zero-order valence-electron chi connectivity index (χ0n) is 32.6. The van der Waals surface area contributed by atoms with Crippen LogP contribution in [0.1, 0.15) is 65.0 Å². The smallest absolute Gasteiger partial charge is 0.349 e. The minimum absolute atomic E-state index is 0.129. The predicted molar refractivity (Wildman–Crippen MR) is 212 cm³/mol. The SMILES string of the molecule is C=C(C)C(=O)OCCOC(=O)C(C#N)=Cc1ccc(N(CC)CCCCCN(CC(C)C)c2ccc(C=C(C#N)C(=O)OCCOC(=O)C(=C)C)cc2)cc1. The molecule has 0 fully saturated rings. The molecule has 2 aromatic rings. The number of anilines is 2. The normalized spacial score (nSPS) is 11.1. The summed E-state index contributed by atoms with van der Waals surface area (Å²) in [6.45, 7) is 19.3. The number of hydrogen-bond acceptors (Lipinski definition) is 12. The van der Waals surface area contributed by atoms with Gasteiger partial charge in [-0.25, -0.2) is 19.2 Å². The van der Waals surface area contributed by atoms with Crippen molar-refractivity contribution in [2.45, 2.75) is 53.9 Å². The van der Waals surface area contributed by atoms with E-state index in [0.717, 1.165) is 56.8 Å². The topological polar surface area (TPSA) is 159 Å². The fourth-order valence-corrected chi connectivity index (χ4v) is 5.13. The molecule has 2 aromatic carbocycles. The van der Waals surface area contributed by atoms with E-state index < -0.39 is 23.9 Å². The van der Waals surface area contributed by atoms with Gasteiger partial charge in [0.2, 0.25) is 0 Å². The Balaban J connectivity index is 1.91. The highest BCUT2D eigenvalue weighted by Gasteiger charge is 2.15. The molecule has 0 bridgehead atoms. The molecule has 0 aliphatic rings. The average molecular weight is 753 g/mol. The number of carbonyl (C=O) groups excluding carboxylic acids is 4. The minimum Gasteiger partial charge on any atom is -0.459 e. The molecule has 0 spiro atoms. The van der Waals surface area contributed by atoms with Gasteiger partial charge in [-0.3, -0.25) is 0 Å². The zero-order chi connectivity index (χ0) is 40.8. The van der Waals surface area contributed by atoms with Crippen molar-refractivity contribution in [2.24, 2.45) is 5.92 Å². The molecule has 12 nitrogen and oxygen atoms in total. The molecule has 0 saturated heterocycles. The molecule has 0 N–H and O–H groups in total. The summed E-state index contributed by atoms with van der Waals surface area (Å²) in [6, 6.07) is 19.1. The minimum atomic E-state index is -0.794. The molecule has 0 aliphatic carbocycles. The van der Waals surface area contributed by atoms with Gasteiger partial charge in [-0.05, 0) is 93.5 Å². The first-order valence-corrected chi connectivity index (χ1v) is 18.2. The van der Waals surface area contributed by atoms with E-state index in [0.29, 0.717) is 17.0 Å². The standard InChI is InChI=1S/C43H52N4O8/c1-8-46(38-16-12-34(13-17-38)26-36(28-44)42(50)54-24-22-52-40(48)32(4)5)20-10-9-11-21-47(30-31(2)3)39-18-14-35(15-19-39)27-37(29-45)43(51)55-25-23-53-41(49)33(6)7/h12-19,26-27,31H,4,6,8-11,20-25,30H2,1-3,5,7H3. The van der Waals surface area contributed by atoms with Crippen molar-refractivity contribution in [1.82, 2.24) is 0 Å². The first-order valence-electron chi connectivity index (χ1n) is 18.2. The molecule has 55 heavy (non-hydrogen) atoms. The third kappa shape index (κ3) is 16.6. The van der Waals surface area contributed by atoms with Crippen molar-refractivity contribution < 1.29 is 38.1 Å². The van der Waals surface area contributed by atoms with E-state index in [-0.39, 0.29) is 48.7 Å². The fourth-order valence-electron chi connectivity index (χ4n) is 5.13. The summed E-state index contributed by atoms with van der Waals surface area (Å²) in [7, 11) is 0. The molecule has 0 amide bonds. The van der Waals surface area contributed by atoms with Crippen LogP contribution >= 0.6 is 0 Å². The number of rotatable bonds is 23. The molecule has 2 rings (SSSR count). The van der Waals surface area contributed by atoms with Gasteiger partial charge in [0.05, 0.1) is 0 Å². The Morgan fingerprint density at radius 3 is 1.35 bits per heavy atom. The van der Waals surface area contributed by atoms with E-state index in [1.165, 1.54) is 26.0 Å². The van der Waals surface area contributed by atoms with Crippen LogP contribution in [0.2, 0.25) is 0 Å². The number of carbonyl (C=O) groups is 4. The van der Waals surface area contributed by atoms with Gasteiger partial charge in [0.1, 0.15) is 49.7 Å². The molecule has 0 saturated carbocycles. The lowest BCUT2D eigenvalue weighted by Crippen LogP contribution is -2.29. The Bertz CT molecular complexity index is 1780. The Kier molecular flexibility index (Phi) is 19.8. The van der Waals surface area contributed by atoms with Crippen LogP contribution in [0, 0.1) is 28.6 Å². The van der Waals surface area contributed by atoms with Gasteiger partial charge in [-0.2, -0.15) is 10.5 Å². The first kappa shape index (κ1) is 45.0. The molecule has 0 radical (unpaired) electrons. The summed E-state index contributed by atoms with van der Waals surface area (Å²) in [5, 5.41) is 19.0. The predicted octanol–water partition coefficient (Wildman–Crippen LogP) is 6.98.